The molecule has 0 aliphatic carbocycles. The van der Waals surface area contributed by atoms with Crippen LogP contribution in [0.15, 0.2) is 42.7 Å². The SMILES string of the molecule is O=C(NCCc1ccc(F)cc1)c1cc[nH]c1. The van der Waals surface area contributed by atoms with Gasteiger partial charge in [0.15, 0.2) is 0 Å². The summed E-state index contributed by atoms with van der Waals surface area (Å²) in [6, 6.07) is 8.00. The maximum Gasteiger partial charge on any atom is 0.252 e. The van der Waals surface area contributed by atoms with E-state index in [1.165, 1.54) is 12.1 Å². The predicted molar refractivity (Wildman–Crippen MR) is 63.2 cm³/mol. The molecule has 0 unspecified atom stereocenters. The van der Waals surface area contributed by atoms with Crippen molar-refractivity contribution in [2.45, 2.75) is 6.42 Å². The number of H-pyrrole nitrogens is 1. The number of halogens is 1. The number of aromatic nitrogens is 1. The molecule has 2 rings (SSSR count). The second-order valence-electron chi connectivity index (χ2n) is 3.73. The Morgan fingerprint density at radius 3 is 2.65 bits per heavy atom. The van der Waals surface area contributed by atoms with Gasteiger partial charge in [-0.25, -0.2) is 4.39 Å². The zero-order valence-electron chi connectivity index (χ0n) is 9.24. The van der Waals surface area contributed by atoms with Crippen LogP contribution in [0.1, 0.15) is 15.9 Å². The van der Waals surface area contributed by atoms with Crippen LogP contribution in [0.2, 0.25) is 0 Å². The molecule has 1 heterocycles. The Bertz CT molecular complexity index is 477. The molecule has 2 N–H and O–H groups in total. The lowest BCUT2D eigenvalue weighted by Crippen LogP contribution is -2.25. The van der Waals surface area contributed by atoms with Crippen LogP contribution < -0.4 is 5.32 Å². The molecule has 17 heavy (non-hydrogen) atoms. The summed E-state index contributed by atoms with van der Waals surface area (Å²) in [4.78, 5) is 14.4. The van der Waals surface area contributed by atoms with Crippen molar-refractivity contribution in [2.75, 3.05) is 6.54 Å². The van der Waals surface area contributed by atoms with Crippen LogP contribution in [0, 0.1) is 5.82 Å². The number of aromatic amines is 1. The molecule has 0 bridgehead atoms. The van der Waals surface area contributed by atoms with E-state index in [1.54, 1.807) is 30.6 Å². The molecule has 0 spiro atoms. The zero-order chi connectivity index (χ0) is 12.1. The average molecular weight is 232 g/mol. The number of rotatable bonds is 4. The Morgan fingerprint density at radius 2 is 2.00 bits per heavy atom. The molecule has 0 radical (unpaired) electrons. The van der Waals surface area contributed by atoms with E-state index >= 15 is 0 Å². The Balaban J connectivity index is 1.80. The molecule has 88 valence electrons. The molecular formula is C13H13FN2O. The lowest BCUT2D eigenvalue weighted by atomic mass is 10.1. The van der Waals surface area contributed by atoms with E-state index in [-0.39, 0.29) is 11.7 Å². The van der Waals surface area contributed by atoms with Crippen LogP contribution >= 0.6 is 0 Å². The topological polar surface area (TPSA) is 44.9 Å². The van der Waals surface area contributed by atoms with Crippen molar-refractivity contribution < 1.29 is 9.18 Å². The summed E-state index contributed by atoms with van der Waals surface area (Å²) in [6.45, 7) is 0.537. The van der Waals surface area contributed by atoms with Gasteiger partial charge < -0.3 is 10.3 Å². The van der Waals surface area contributed by atoms with Gasteiger partial charge in [0.05, 0.1) is 5.56 Å². The van der Waals surface area contributed by atoms with Gasteiger partial charge in [0.1, 0.15) is 5.82 Å². The number of carbonyl (C=O) groups excluding carboxylic acids is 1. The molecule has 0 atom stereocenters. The first-order valence-electron chi connectivity index (χ1n) is 5.41. The van der Waals surface area contributed by atoms with Crippen LogP contribution in [0.25, 0.3) is 0 Å². The minimum Gasteiger partial charge on any atom is -0.367 e. The summed E-state index contributed by atoms with van der Waals surface area (Å²) in [5, 5.41) is 2.80. The van der Waals surface area contributed by atoms with Gasteiger partial charge in [0.25, 0.3) is 5.91 Å². The minimum atomic E-state index is -0.245. The zero-order valence-corrected chi connectivity index (χ0v) is 9.24. The Labute approximate surface area is 98.7 Å². The third kappa shape index (κ3) is 3.17. The molecular weight excluding hydrogens is 219 g/mol. The standard InChI is InChI=1S/C13H13FN2O/c14-12-3-1-10(2-4-12)5-8-16-13(17)11-6-7-15-9-11/h1-4,6-7,9,15H,5,8H2,(H,16,17). The van der Waals surface area contributed by atoms with Crippen LogP contribution in [-0.2, 0) is 6.42 Å². The first-order valence-corrected chi connectivity index (χ1v) is 5.41. The second-order valence-corrected chi connectivity index (χ2v) is 3.73. The molecule has 0 fully saturated rings. The Hall–Kier alpha value is -2.10. The molecule has 1 aromatic carbocycles. The van der Waals surface area contributed by atoms with E-state index in [9.17, 15) is 9.18 Å². The number of carbonyl (C=O) groups is 1. The molecule has 2 aromatic rings. The number of hydrogen-bond donors (Lipinski definition) is 2. The van der Waals surface area contributed by atoms with Gasteiger partial charge in [0.2, 0.25) is 0 Å². The maximum absolute atomic E-state index is 12.6. The summed E-state index contributed by atoms with van der Waals surface area (Å²) >= 11 is 0. The number of benzene rings is 1. The van der Waals surface area contributed by atoms with Gasteiger partial charge in [-0.2, -0.15) is 0 Å². The van der Waals surface area contributed by atoms with Crippen molar-refractivity contribution in [1.29, 1.82) is 0 Å². The Kier molecular flexibility index (Phi) is 3.55. The molecule has 3 nitrogen and oxygen atoms in total. The molecule has 0 saturated carbocycles. The fraction of sp³-hybridized carbons (Fsp3) is 0.154. The number of nitrogens with one attached hydrogen (secondary N) is 2. The smallest absolute Gasteiger partial charge is 0.252 e. The lowest BCUT2D eigenvalue weighted by molar-refractivity contribution is 0.0954. The third-order valence-electron chi connectivity index (χ3n) is 2.47. The van der Waals surface area contributed by atoms with Crippen LogP contribution in [0.3, 0.4) is 0 Å². The van der Waals surface area contributed by atoms with Crippen molar-refractivity contribution >= 4 is 5.91 Å². The molecule has 1 aromatic heterocycles. The van der Waals surface area contributed by atoms with Crippen molar-refractivity contribution in [3.63, 3.8) is 0 Å². The van der Waals surface area contributed by atoms with E-state index in [0.29, 0.717) is 18.5 Å². The molecule has 4 heteroatoms. The summed E-state index contributed by atoms with van der Waals surface area (Å²) in [5.41, 5.74) is 1.62. The van der Waals surface area contributed by atoms with Gasteiger partial charge in [-0.3, -0.25) is 4.79 Å². The van der Waals surface area contributed by atoms with E-state index in [1.807, 2.05) is 0 Å². The van der Waals surface area contributed by atoms with Crippen LogP contribution in [0.4, 0.5) is 4.39 Å². The summed E-state index contributed by atoms with van der Waals surface area (Å²) in [5.74, 6) is -0.349. The normalized spacial score (nSPS) is 10.2. The first-order chi connectivity index (χ1) is 8.25. The highest BCUT2D eigenvalue weighted by Crippen LogP contribution is 2.03. The third-order valence-corrected chi connectivity index (χ3v) is 2.47. The number of hydrogen-bond acceptors (Lipinski definition) is 1. The van der Waals surface area contributed by atoms with Gasteiger partial charge >= 0.3 is 0 Å². The van der Waals surface area contributed by atoms with E-state index in [0.717, 1.165) is 5.56 Å². The lowest BCUT2D eigenvalue weighted by Gasteiger charge is -2.03. The van der Waals surface area contributed by atoms with Crippen LogP contribution in [0.5, 0.6) is 0 Å². The van der Waals surface area contributed by atoms with E-state index in [4.69, 9.17) is 0 Å². The van der Waals surface area contributed by atoms with Gasteiger partial charge in [0, 0.05) is 18.9 Å². The van der Waals surface area contributed by atoms with Gasteiger partial charge in [-0.05, 0) is 30.2 Å². The maximum atomic E-state index is 12.6. The fourth-order valence-electron chi connectivity index (χ4n) is 1.54. The van der Waals surface area contributed by atoms with E-state index < -0.39 is 0 Å². The summed E-state index contributed by atoms with van der Waals surface area (Å²) in [7, 11) is 0. The molecule has 1 amide bonds. The quantitative estimate of drug-likeness (QED) is 0.833. The second kappa shape index (κ2) is 5.30. The summed E-state index contributed by atoms with van der Waals surface area (Å²) in [6.07, 6.45) is 4.04. The summed E-state index contributed by atoms with van der Waals surface area (Å²) < 4.78 is 12.6. The highest BCUT2D eigenvalue weighted by Gasteiger charge is 2.04. The molecule has 0 aliphatic rings. The monoisotopic (exact) mass is 232 g/mol. The highest BCUT2D eigenvalue weighted by atomic mass is 19.1. The average Bonchev–Trinajstić information content (AvgIpc) is 2.85. The minimum absolute atomic E-state index is 0.103. The first kappa shape index (κ1) is 11.4. The van der Waals surface area contributed by atoms with Gasteiger partial charge in [-0.15, -0.1) is 0 Å². The number of amides is 1. The van der Waals surface area contributed by atoms with Crippen molar-refractivity contribution in [2.24, 2.45) is 0 Å². The highest BCUT2D eigenvalue weighted by molar-refractivity contribution is 5.93. The largest absolute Gasteiger partial charge is 0.367 e. The molecule has 0 aliphatic heterocycles. The predicted octanol–water partition coefficient (Wildman–Crippen LogP) is 2.13. The van der Waals surface area contributed by atoms with Gasteiger partial charge in [-0.1, -0.05) is 12.1 Å². The van der Waals surface area contributed by atoms with Crippen LogP contribution in [-0.4, -0.2) is 17.4 Å². The van der Waals surface area contributed by atoms with E-state index in [2.05, 4.69) is 10.3 Å². The van der Waals surface area contributed by atoms with Crippen molar-refractivity contribution in [1.82, 2.24) is 10.3 Å². The fourth-order valence-corrected chi connectivity index (χ4v) is 1.54. The van der Waals surface area contributed by atoms with Crippen molar-refractivity contribution in [3.05, 3.63) is 59.7 Å². The van der Waals surface area contributed by atoms with Crippen molar-refractivity contribution in [3.8, 4) is 0 Å². The Morgan fingerprint density at radius 1 is 1.24 bits per heavy atom. The molecule has 0 saturated heterocycles.